The van der Waals surface area contributed by atoms with Crippen LogP contribution >= 0.6 is 11.6 Å². The fourth-order valence-corrected chi connectivity index (χ4v) is 1.74. The molecule has 4 heteroatoms. The zero-order chi connectivity index (χ0) is 12.0. The zero-order valence-corrected chi connectivity index (χ0v) is 9.92. The van der Waals surface area contributed by atoms with E-state index in [1.54, 1.807) is 6.07 Å². The Bertz CT molecular complexity index is 402. The van der Waals surface area contributed by atoms with Gasteiger partial charge in [0.1, 0.15) is 6.29 Å². The molecule has 0 unspecified atom stereocenters. The van der Waals surface area contributed by atoms with Crippen molar-refractivity contribution in [2.45, 2.75) is 6.42 Å². The molecule has 1 rings (SSSR count). The summed E-state index contributed by atoms with van der Waals surface area (Å²) in [5, 5.41) is 3.55. The molecule has 0 heterocycles. The van der Waals surface area contributed by atoms with E-state index in [9.17, 15) is 4.79 Å². The van der Waals surface area contributed by atoms with Gasteiger partial charge in [-0.2, -0.15) is 0 Å². The molecule has 0 radical (unpaired) electrons. The average molecular weight is 239 g/mol. The number of benzene rings is 1. The molecule has 0 aliphatic carbocycles. The predicted molar refractivity (Wildman–Crippen MR) is 67.3 cm³/mol. The number of aldehydes is 1. The quantitative estimate of drug-likeness (QED) is 0.767. The van der Waals surface area contributed by atoms with Crippen LogP contribution < -0.4 is 11.1 Å². The molecule has 86 valence electrons. The van der Waals surface area contributed by atoms with Crippen LogP contribution in [0.3, 0.4) is 0 Å². The van der Waals surface area contributed by atoms with Crippen LogP contribution in [0, 0.1) is 0 Å². The molecule has 0 spiro atoms. The Balaban J connectivity index is 3.12. The Hall–Kier alpha value is -1.32. The third-order valence-corrected chi connectivity index (χ3v) is 2.40. The van der Waals surface area contributed by atoms with Crippen LogP contribution in [0.2, 0.25) is 5.02 Å². The van der Waals surface area contributed by atoms with Gasteiger partial charge in [0.25, 0.3) is 0 Å². The summed E-state index contributed by atoms with van der Waals surface area (Å²) in [5.74, 6) is 0. The molecular formula is C12H15ClN2O. The first-order chi connectivity index (χ1) is 7.71. The van der Waals surface area contributed by atoms with E-state index in [1.807, 2.05) is 25.4 Å². The van der Waals surface area contributed by atoms with Crippen molar-refractivity contribution in [2.75, 3.05) is 13.6 Å². The summed E-state index contributed by atoms with van der Waals surface area (Å²) >= 11 is 5.98. The van der Waals surface area contributed by atoms with Crippen molar-refractivity contribution >= 4 is 23.5 Å². The van der Waals surface area contributed by atoms with Crippen molar-refractivity contribution in [2.24, 2.45) is 5.73 Å². The van der Waals surface area contributed by atoms with Gasteiger partial charge >= 0.3 is 0 Å². The van der Waals surface area contributed by atoms with Gasteiger partial charge in [-0.25, -0.2) is 0 Å². The van der Waals surface area contributed by atoms with Crippen molar-refractivity contribution in [1.29, 1.82) is 0 Å². The Labute approximate surface area is 100 Å². The summed E-state index contributed by atoms with van der Waals surface area (Å²) in [6.07, 6.45) is 3.06. The van der Waals surface area contributed by atoms with Gasteiger partial charge in [0.15, 0.2) is 0 Å². The van der Waals surface area contributed by atoms with Gasteiger partial charge in [0.05, 0.1) is 0 Å². The Morgan fingerprint density at radius 2 is 2.25 bits per heavy atom. The smallest absolute Gasteiger partial charge is 0.124 e. The largest absolute Gasteiger partial charge is 0.394 e. The highest BCUT2D eigenvalue weighted by Crippen LogP contribution is 2.20. The number of rotatable bonds is 5. The van der Waals surface area contributed by atoms with Crippen molar-refractivity contribution < 1.29 is 4.79 Å². The maximum atomic E-state index is 10.5. The van der Waals surface area contributed by atoms with Crippen LogP contribution in [-0.4, -0.2) is 19.9 Å². The molecule has 0 saturated heterocycles. The summed E-state index contributed by atoms with van der Waals surface area (Å²) in [4.78, 5) is 10.5. The van der Waals surface area contributed by atoms with Gasteiger partial charge in [-0.1, -0.05) is 17.7 Å². The number of nitrogens with one attached hydrogen (secondary N) is 1. The topological polar surface area (TPSA) is 55.1 Å². The van der Waals surface area contributed by atoms with E-state index in [0.717, 1.165) is 23.0 Å². The average Bonchev–Trinajstić information content (AvgIpc) is 2.25. The number of hydrogen-bond donors (Lipinski definition) is 2. The SMILES string of the molecule is CN/C=C(\CN)c1cc(Cl)cc(CC=O)c1. The number of halogens is 1. The first kappa shape index (κ1) is 12.7. The predicted octanol–water partition coefficient (Wildman–Crippen LogP) is 1.60. The Morgan fingerprint density at radius 1 is 1.50 bits per heavy atom. The number of carbonyl (C=O) groups is 1. The van der Waals surface area contributed by atoms with Gasteiger partial charge in [-0.15, -0.1) is 0 Å². The minimum absolute atomic E-state index is 0.366. The summed E-state index contributed by atoms with van der Waals surface area (Å²) in [6.45, 7) is 0.418. The maximum absolute atomic E-state index is 10.5. The molecule has 1 aromatic carbocycles. The van der Waals surface area contributed by atoms with Crippen LogP contribution in [0.4, 0.5) is 0 Å². The van der Waals surface area contributed by atoms with Gasteiger partial charge in [-0.3, -0.25) is 0 Å². The number of hydrogen-bond acceptors (Lipinski definition) is 3. The summed E-state index contributed by atoms with van der Waals surface area (Å²) in [7, 11) is 1.81. The molecule has 0 aliphatic heterocycles. The van der Waals surface area contributed by atoms with Crippen LogP contribution in [0.5, 0.6) is 0 Å². The zero-order valence-electron chi connectivity index (χ0n) is 9.16. The molecular weight excluding hydrogens is 224 g/mol. The molecule has 16 heavy (non-hydrogen) atoms. The molecule has 0 aliphatic rings. The summed E-state index contributed by atoms with van der Waals surface area (Å²) < 4.78 is 0. The lowest BCUT2D eigenvalue weighted by atomic mass is 10.0. The lowest BCUT2D eigenvalue weighted by Gasteiger charge is -2.08. The fraction of sp³-hybridized carbons (Fsp3) is 0.250. The van der Waals surface area contributed by atoms with Gasteiger partial charge < -0.3 is 15.8 Å². The molecule has 0 amide bonds. The molecule has 3 N–H and O–H groups in total. The highest BCUT2D eigenvalue weighted by Gasteiger charge is 2.03. The molecule has 0 atom stereocenters. The van der Waals surface area contributed by atoms with Crippen molar-refractivity contribution in [3.63, 3.8) is 0 Å². The monoisotopic (exact) mass is 238 g/mol. The first-order valence-electron chi connectivity index (χ1n) is 5.01. The lowest BCUT2D eigenvalue weighted by Crippen LogP contribution is -2.07. The highest BCUT2D eigenvalue weighted by atomic mass is 35.5. The standard InChI is InChI=1S/C12H15ClN2O/c1-15-8-11(7-14)10-4-9(2-3-16)5-12(13)6-10/h3-6,8,15H,2,7,14H2,1H3/b11-8+. The van der Waals surface area contributed by atoms with Crippen LogP contribution in [0.25, 0.3) is 5.57 Å². The molecule has 0 saturated carbocycles. The second-order valence-corrected chi connectivity index (χ2v) is 3.82. The van der Waals surface area contributed by atoms with Gasteiger partial charge in [0, 0.05) is 31.2 Å². The van der Waals surface area contributed by atoms with E-state index in [4.69, 9.17) is 17.3 Å². The third-order valence-electron chi connectivity index (χ3n) is 2.19. The van der Waals surface area contributed by atoms with E-state index in [-0.39, 0.29) is 0 Å². The maximum Gasteiger partial charge on any atom is 0.124 e. The first-order valence-corrected chi connectivity index (χ1v) is 5.39. The molecule has 1 aromatic rings. The van der Waals surface area contributed by atoms with Crippen molar-refractivity contribution in [3.8, 4) is 0 Å². The fourth-order valence-electron chi connectivity index (χ4n) is 1.48. The third kappa shape index (κ3) is 3.36. The van der Waals surface area contributed by atoms with Gasteiger partial charge in [0.2, 0.25) is 0 Å². The van der Waals surface area contributed by atoms with Crippen LogP contribution in [0.1, 0.15) is 11.1 Å². The normalized spacial score (nSPS) is 11.3. The number of carbonyl (C=O) groups excluding carboxylic acids is 1. The minimum atomic E-state index is 0.366. The van der Waals surface area contributed by atoms with E-state index < -0.39 is 0 Å². The second kappa shape index (κ2) is 6.30. The summed E-state index contributed by atoms with van der Waals surface area (Å²) in [6, 6.07) is 5.55. The van der Waals surface area contributed by atoms with Gasteiger partial charge in [-0.05, 0) is 28.8 Å². The molecule has 0 aromatic heterocycles. The van der Waals surface area contributed by atoms with E-state index in [0.29, 0.717) is 18.0 Å². The highest BCUT2D eigenvalue weighted by molar-refractivity contribution is 6.30. The van der Waals surface area contributed by atoms with Crippen molar-refractivity contribution in [1.82, 2.24) is 5.32 Å². The Kier molecular flexibility index (Phi) is 5.02. The number of nitrogens with two attached hydrogens (primary N) is 1. The molecule has 3 nitrogen and oxygen atoms in total. The molecule has 0 bridgehead atoms. The van der Waals surface area contributed by atoms with Crippen LogP contribution in [0.15, 0.2) is 24.4 Å². The second-order valence-electron chi connectivity index (χ2n) is 3.38. The van der Waals surface area contributed by atoms with E-state index in [2.05, 4.69) is 5.32 Å². The Morgan fingerprint density at radius 3 is 2.81 bits per heavy atom. The lowest BCUT2D eigenvalue weighted by molar-refractivity contribution is -0.107. The minimum Gasteiger partial charge on any atom is -0.394 e. The van der Waals surface area contributed by atoms with E-state index >= 15 is 0 Å². The van der Waals surface area contributed by atoms with Crippen molar-refractivity contribution in [3.05, 3.63) is 40.5 Å². The van der Waals surface area contributed by atoms with Crippen LogP contribution in [-0.2, 0) is 11.2 Å². The summed E-state index contributed by atoms with van der Waals surface area (Å²) in [5.41, 5.74) is 8.44. The van der Waals surface area contributed by atoms with E-state index in [1.165, 1.54) is 0 Å². The molecule has 0 fully saturated rings.